The van der Waals surface area contributed by atoms with Crippen LogP contribution in [0.5, 0.6) is 0 Å². The van der Waals surface area contributed by atoms with Gasteiger partial charge >= 0.3 is 0 Å². The molecule has 0 heterocycles. The Labute approximate surface area is 107 Å². The van der Waals surface area contributed by atoms with E-state index in [4.69, 9.17) is 10.5 Å². The molecule has 1 aromatic rings. The lowest BCUT2D eigenvalue weighted by Crippen LogP contribution is -2.16. The van der Waals surface area contributed by atoms with Crippen molar-refractivity contribution in [2.24, 2.45) is 5.92 Å². The number of halogens is 1. The van der Waals surface area contributed by atoms with Crippen molar-refractivity contribution in [2.75, 3.05) is 24.7 Å². The summed E-state index contributed by atoms with van der Waals surface area (Å²) in [6.07, 6.45) is 0. The van der Waals surface area contributed by atoms with Gasteiger partial charge in [-0.2, -0.15) is 0 Å². The monoisotopic (exact) mass is 275 g/mol. The average Bonchev–Trinajstić information content (AvgIpc) is 2.27. The summed E-state index contributed by atoms with van der Waals surface area (Å²) in [7, 11) is -3.60. The molecule has 0 saturated heterocycles. The lowest BCUT2D eigenvalue weighted by molar-refractivity contribution is 0.123. The molecule has 18 heavy (non-hydrogen) atoms. The molecule has 6 heteroatoms. The number of sulfone groups is 1. The van der Waals surface area contributed by atoms with Crippen LogP contribution in [0.4, 0.5) is 10.1 Å². The maximum atomic E-state index is 13.0. The van der Waals surface area contributed by atoms with Crippen LogP contribution >= 0.6 is 0 Å². The zero-order chi connectivity index (χ0) is 13.8. The van der Waals surface area contributed by atoms with Gasteiger partial charge in [0, 0.05) is 6.61 Å². The van der Waals surface area contributed by atoms with E-state index >= 15 is 0 Å². The van der Waals surface area contributed by atoms with Crippen LogP contribution in [-0.4, -0.2) is 27.4 Å². The molecule has 0 aliphatic heterocycles. The van der Waals surface area contributed by atoms with Gasteiger partial charge in [-0.25, -0.2) is 12.8 Å². The van der Waals surface area contributed by atoms with Gasteiger partial charge in [0.15, 0.2) is 9.84 Å². The Bertz CT molecular complexity index is 500. The van der Waals surface area contributed by atoms with Crippen LogP contribution in [0.3, 0.4) is 0 Å². The van der Waals surface area contributed by atoms with Crippen LogP contribution in [0.1, 0.15) is 13.8 Å². The first kappa shape index (κ1) is 14.9. The smallest absolute Gasteiger partial charge is 0.182 e. The fourth-order valence-electron chi connectivity index (χ4n) is 1.38. The molecule has 2 N–H and O–H groups in total. The van der Waals surface area contributed by atoms with E-state index in [0.29, 0.717) is 12.5 Å². The quantitative estimate of drug-likeness (QED) is 0.635. The molecule has 0 spiro atoms. The van der Waals surface area contributed by atoms with Crippen molar-refractivity contribution in [3.63, 3.8) is 0 Å². The van der Waals surface area contributed by atoms with Gasteiger partial charge in [0.1, 0.15) is 5.82 Å². The minimum atomic E-state index is -3.60. The second-order valence-electron chi connectivity index (χ2n) is 4.47. The van der Waals surface area contributed by atoms with Crippen LogP contribution < -0.4 is 5.73 Å². The normalized spacial score (nSPS) is 12.0. The Morgan fingerprint density at radius 1 is 1.39 bits per heavy atom. The van der Waals surface area contributed by atoms with E-state index in [1.807, 2.05) is 13.8 Å². The van der Waals surface area contributed by atoms with E-state index in [-0.39, 0.29) is 22.9 Å². The Morgan fingerprint density at radius 3 is 2.67 bits per heavy atom. The van der Waals surface area contributed by atoms with Gasteiger partial charge in [-0.3, -0.25) is 0 Å². The molecule has 0 amide bonds. The van der Waals surface area contributed by atoms with Crippen molar-refractivity contribution in [3.05, 3.63) is 24.0 Å². The van der Waals surface area contributed by atoms with Crippen LogP contribution in [0, 0.1) is 11.7 Å². The predicted molar refractivity (Wildman–Crippen MR) is 68.5 cm³/mol. The molecule has 4 nitrogen and oxygen atoms in total. The van der Waals surface area contributed by atoms with E-state index in [2.05, 4.69) is 0 Å². The van der Waals surface area contributed by atoms with Gasteiger partial charge in [0.05, 0.1) is 22.9 Å². The fourth-order valence-corrected chi connectivity index (χ4v) is 2.65. The third kappa shape index (κ3) is 4.27. The lowest BCUT2D eigenvalue weighted by Gasteiger charge is -2.09. The number of hydrogen-bond acceptors (Lipinski definition) is 4. The summed E-state index contributed by atoms with van der Waals surface area (Å²) < 4.78 is 42.1. The Balaban J connectivity index is 2.71. The third-order valence-electron chi connectivity index (χ3n) is 2.26. The first-order valence-electron chi connectivity index (χ1n) is 5.68. The van der Waals surface area contributed by atoms with Crippen LogP contribution in [-0.2, 0) is 14.6 Å². The summed E-state index contributed by atoms with van der Waals surface area (Å²) in [5.74, 6) is -0.481. The van der Waals surface area contributed by atoms with Gasteiger partial charge in [-0.15, -0.1) is 0 Å². The number of rotatable bonds is 6. The van der Waals surface area contributed by atoms with E-state index < -0.39 is 15.7 Å². The Hall–Kier alpha value is -1.14. The van der Waals surface area contributed by atoms with Crippen LogP contribution in [0.25, 0.3) is 0 Å². The number of anilines is 1. The number of benzene rings is 1. The highest BCUT2D eigenvalue weighted by Crippen LogP contribution is 2.20. The summed E-state index contributed by atoms with van der Waals surface area (Å²) >= 11 is 0. The molecule has 1 rings (SSSR count). The number of ether oxygens (including phenoxy) is 1. The first-order valence-corrected chi connectivity index (χ1v) is 7.33. The largest absolute Gasteiger partial charge is 0.398 e. The summed E-state index contributed by atoms with van der Waals surface area (Å²) in [4.78, 5) is -0.171. The molecule has 0 aliphatic carbocycles. The lowest BCUT2D eigenvalue weighted by atomic mass is 10.2. The maximum Gasteiger partial charge on any atom is 0.182 e. The Kier molecular flexibility index (Phi) is 5.10. The van der Waals surface area contributed by atoms with E-state index in [0.717, 1.165) is 12.1 Å². The zero-order valence-corrected chi connectivity index (χ0v) is 11.3. The minimum Gasteiger partial charge on any atom is -0.398 e. The highest BCUT2D eigenvalue weighted by Gasteiger charge is 2.18. The molecule has 0 bridgehead atoms. The molecule has 0 saturated carbocycles. The predicted octanol–water partition coefficient (Wildman–Crippen LogP) is 1.85. The van der Waals surface area contributed by atoms with Crippen molar-refractivity contribution in [2.45, 2.75) is 18.7 Å². The van der Waals surface area contributed by atoms with Crippen LogP contribution in [0.15, 0.2) is 23.1 Å². The second kappa shape index (κ2) is 6.15. The third-order valence-corrected chi connectivity index (χ3v) is 3.99. The first-order chi connectivity index (χ1) is 8.33. The van der Waals surface area contributed by atoms with Gasteiger partial charge < -0.3 is 10.5 Å². The van der Waals surface area contributed by atoms with E-state index in [9.17, 15) is 12.8 Å². The molecule has 1 aromatic carbocycles. The fraction of sp³-hybridized carbons (Fsp3) is 0.500. The minimum absolute atomic E-state index is 0.0558. The highest BCUT2D eigenvalue weighted by atomic mass is 32.2. The molecular formula is C12H18FNO3S. The second-order valence-corrected chi connectivity index (χ2v) is 6.55. The van der Waals surface area contributed by atoms with E-state index in [1.165, 1.54) is 6.07 Å². The van der Waals surface area contributed by atoms with Crippen molar-refractivity contribution in [1.29, 1.82) is 0 Å². The average molecular weight is 275 g/mol. The standard InChI is InChI=1S/C12H18FNO3S/c1-9(2)8-17-5-6-18(15,16)12-7-10(13)3-4-11(12)14/h3-4,7,9H,5-6,8,14H2,1-2H3. The van der Waals surface area contributed by atoms with Gasteiger partial charge in [-0.1, -0.05) is 13.8 Å². The van der Waals surface area contributed by atoms with Gasteiger partial charge in [0.2, 0.25) is 0 Å². The molecule has 0 fully saturated rings. The SMILES string of the molecule is CC(C)COCCS(=O)(=O)c1cc(F)ccc1N. The molecule has 0 atom stereocenters. The van der Waals surface area contributed by atoms with Crippen molar-refractivity contribution >= 4 is 15.5 Å². The number of nitrogen functional groups attached to an aromatic ring is 1. The molecular weight excluding hydrogens is 257 g/mol. The molecule has 0 aromatic heterocycles. The molecule has 102 valence electrons. The summed E-state index contributed by atoms with van der Waals surface area (Å²) in [5.41, 5.74) is 5.60. The summed E-state index contributed by atoms with van der Waals surface area (Å²) in [6.45, 7) is 4.52. The molecule has 0 unspecified atom stereocenters. The van der Waals surface area contributed by atoms with Gasteiger partial charge in [0.25, 0.3) is 0 Å². The molecule has 0 radical (unpaired) electrons. The number of nitrogens with two attached hydrogens (primary N) is 1. The summed E-state index contributed by atoms with van der Waals surface area (Å²) in [6, 6.07) is 3.31. The van der Waals surface area contributed by atoms with Crippen LogP contribution in [0.2, 0.25) is 0 Å². The zero-order valence-electron chi connectivity index (χ0n) is 10.5. The maximum absolute atomic E-state index is 13.0. The Morgan fingerprint density at radius 2 is 2.06 bits per heavy atom. The van der Waals surface area contributed by atoms with Crippen molar-refractivity contribution in [3.8, 4) is 0 Å². The highest BCUT2D eigenvalue weighted by molar-refractivity contribution is 7.91. The van der Waals surface area contributed by atoms with Crippen molar-refractivity contribution < 1.29 is 17.5 Å². The van der Waals surface area contributed by atoms with Crippen molar-refractivity contribution in [1.82, 2.24) is 0 Å². The van der Waals surface area contributed by atoms with E-state index in [1.54, 1.807) is 0 Å². The summed E-state index contributed by atoms with van der Waals surface area (Å²) in [5, 5.41) is 0. The number of hydrogen-bond donors (Lipinski definition) is 1. The topological polar surface area (TPSA) is 69.4 Å². The molecule has 0 aliphatic rings. The van der Waals surface area contributed by atoms with Gasteiger partial charge in [-0.05, 0) is 24.1 Å².